The van der Waals surface area contributed by atoms with Gasteiger partial charge in [-0.15, -0.1) is 11.3 Å². The summed E-state index contributed by atoms with van der Waals surface area (Å²) in [4.78, 5) is 3.52. The van der Waals surface area contributed by atoms with Crippen molar-refractivity contribution in [1.82, 2.24) is 4.98 Å². The first kappa shape index (κ1) is 8.08. The molecule has 0 amide bonds. The van der Waals surface area contributed by atoms with Gasteiger partial charge in [0.1, 0.15) is 0 Å². The molecule has 5 aromatic rings. The highest BCUT2D eigenvalue weighted by atomic mass is 32.1. The number of H-pyrrole nitrogens is 1. The second-order valence-corrected chi connectivity index (χ2v) is 6.25. The predicted octanol–water partition coefficient (Wildman–Crippen LogP) is 6.43. The summed E-state index contributed by atoms with van der Waals surface area (Å²) in [5.74, 6) is 0. The molecule has 0 unspecified atom stereocenters. The summed E-state index contributed by atoms with van der Waals surface area (Å²) in [6.45, 7) is 0. The molecule has 100 valence electrons. The van der Waals surface area contributed by atoms with Gasteiger partial charge in [-0.25, -0.2) is 0 Å². The molecule has 0 aliphatic rings. The van der Waals surface area contributed by atoms with E-state index in [-0.39, 0.29) is 0 Å². The number of thiophene rings is 1. The van der Waals surface area contributed by atoms with Crippen molar-refractivity contribution < 1.29 is 8.91 Å². The van der Waals surface area contributed by atoms with Crippen LogP contribution >= 0.6 is 11.3 Å². The normalized spacial score (nSPS) is 13.2. The van der Waals surface area contributed by atoms with E-state index in [1.807, 2.05) is 11.3 Å². The van der Waals surface area contributed by atoms with Crippen LogP contribution < -0.4 is 0 Å². The Labute approximate surface area is 128 Å². The van der Waals surface area contributed by atoms with Gasteiger partial charge in [-0.3, -0.25) is 0 Å². The molecule has 0 fully saturated rings. The molecule has 0 aliphatic carbocycles. The highest BCUT2D eigenvalue weighted by Crippen LogP contribution is 2.37. The lowest BCUT2D eigenvalue weighted by Crippen LogP contribution is -1.69. The summed E-state index contributed by atoms with van der Waals surface area (Å²) >= 11 is 1.87. The minimum Gasteiger partial charge on any atom is -0.354 e. The Kier molecular flexibility index (Phi) is 1.46. The van der Waals surface area contributed by atoms with E-state index in [0.717, 1.165) is 0 Å². The van der Waals surface area contributed by atoms with Gasteiger partial charge in [-0.05, 0) is 24.3 Å². The van der Waals surface area contributed by atoms with Crippen molar-refractivity contribution in [3.8, 4) is 0 Å². The Morgan fingerprint density at radius 1 is 0.700 bits per heavy atom. The second kappa shape index (κ2) is 3.62. The third kappa shape index (κ3) is 1.27. The van der Waals surface area contributed by atoms with E-state index < -0.39 is 0 Å². The smallest absolute Gasteiger partial charge is 0.0479 e. The van der Waals surface area contributed by atoms with Crippen molar-refractivity contribution in [2.45, 2.75) is 0 Å². The Morgan fingerprint density at radius 2 is 1.50 bits per heavy atom. The molecule has 3 aromatic carbocycles. The number of hydrogen-bond acceptors (Lipinski definition) is 1. The minimum atomic E-state index is 1.21. The fourth-order valence-corrected chi connectivity index (χ4v) is 4.20. The lowest BCUT2D eigenvalue weighted by Gasteiger charge is -1.94. The van der Waals surface area contributed by atoms with Gasteiger partial charge in [0.05, 0.1) is 0 Å². The quantitative estimate of drug-likeness (QED) is 0.337. The summed E-state index contributed by atoms with van der Waals surface area (Å²) in [6, 6.07) is 21.8. The van der Waals surface area contributed by atoms with Gasteiger partial charge < -0.3 is 4.98 Å². The lowest BCUT2D eigenvalue weighted by atomic mass is 10.1. The van der Waals surface area contributed by atoms with Crippen LogP contribution in [0.3, 0.4) is 0 Å². The Hall–Kier alpha value is -2.32. The van der Waals surface area contributed by atoms with Crippen LogP contribution in [0.25, 0.3) is 42.0 Å². The summed E-state index contributed by atoms with van der Waals surface area (Å²) in [5.41, 5.74) is 2.44. The van der Waals surface area contributed by atoms with Gasteiger partial charge in [0.25, 0.3) is 0 Å². The Morgan fingerprint density at radius 3 is 2.45 bits per heavy atom. The summed E-state index contributed by atoms with van der Waals surface area (Å²) in [6.07, 6.45) is 0. The van der Waals surface area contributed by atoms with Gasteiger partial charge in [0, 0.05) is 50.9 Å². The molecule has 2 heterocycles. The number of aromatic nitrogens is 1. The Bertz CT molecular complexity index is 1030. The van der Waals surface area contributed by atoms with E-state index in [2.05, 4.69) is 65.6 Å². The van der Waals surface area contributed by atoms with E-state index in [0.29, 0.717) is 0 Å². The summed E-state index contributed by atoms with van der Waals surface area (Å²) < 4.78 is 32.7. The first-order chi connectivity index (χ1) is 12.9. The number of para-hydroxylation sites is 1. The molecule has 20 heavy (non-hydrogen) atoms. The second-order valence-electron chi connectivity index (χ2n) is 5.16. The zero-order valence-electron chi connectivity index (χ0n) is 16.7. The van der Waals surface area contributed by atoms with Crippen LogP contribution in [-0.4, -0.2) is 4.98 Å². The van der Waals surface area contributed by atoms with Crippen molar-refractivity contribution in [2.24, 2.45) is 0 Å². The van der Waals surface area contributed by atoms with Crippen LogP contribution in [-0.2, 0) is 0 Å². The zero-order valence-corrected chi connectivity index (χ0v) is 11.5. The van der Waals surface area contributed by atoms with E-state index in [1.54, 1.807) is 0 Å². The largest absolute Gasteiger partial charge is 0.354 e. The molecule has 1 nitrogen and oxygen atoms in total. The van der Waals surface area contributed by atoms with Gasteiger partial charge in [-0.1, -0.05) is 36.4 Å². The number of aromatic amines is 1. The van der Waals surface area contributed by atoms with Crippen LogP contribution in [0.5, 0.6) is 0 Å². The number of benzene rings is 3. The maximum Gasteiger partial charge on any atom is 0.0479 e. The topological polar surface area (TPSA) is 15.8 Å². The van der Waals surface area contributed by atoms with Crippen molar-refractivity contribution in [3.63, 3.8) is 0 Å². The molecule has 0 aliphatic heterocycles. The van der Waals surface area contributed by atoms with Crippen LogP contribution in [0.2, 0.25) is 0 Å². The third-order valence-electron chi connectivity index (χ3n) is 4.00. The zero-order chi connectivity index (χ0) is 19.1. The van der Waals surface area contributed by atoms with Crippen LogP contribution in [0.1, 0.15) is 8.91 Å². The lowest BCUT2D eigenvalue weighted by molar-refractivity contribution is 1.56. The maximum absolute atomic E-state index is 5.00. The van der Waals surface area contributed by atoms with E-state index in [4.69, 9.17) is 8.91 Å². The highest BCUT2D eigenvalue weighted by Gasteiger charge is 2.09. The first-order valence-corrected chi connectivity index (χ1v) is 7.53. The van der Waals surface area contributed by atoms with Crippen LogP contribution in [0, 0.1) is 0 Å². The van der Waals surface area contributed by atoms with E-state index in [9.17, 15) is 0 Å². The van der Waals surface area contributed by atoms with Gasteiger partial charge in [0.2, 0.25) is 0 Å². The van der Waals surface area contributed by atoms with Crippen molar-refractivity contribution in [2.75, 3.05) is 0 Å². The molecule has 0 spiro atoms. The van der Waals surface area contributed by atoms with Crippen LogP contribution in [0.15, 0.2) is 60.7 Å². The molecule has 0 bridgehead atoms. The molecule has 0 radical (unpaired) electrons. The van der Waals surface area contributed by atoms with Gasteiger partial charge in [0.15, 0.2) is 0 Å². The summed E-state index contributed by atoms with van der Waals surface area (Å²) in [7, 11) is 0. The van der Waals surface area contributed by atoms with Crippen molar-refractivity contribution >= 4 is 53.3 Å². The number of fused-ring (bicyclic) bond motifs is 6. The standard InChI is InChI=1S/C18H11NS.3H2/c1-3-7-15-11(5-1)13-9-14-12-6-2-4-8-17(12)20-18(14)10-16(13)19-15;;;/h1-10,19H;3*1H/i;3*1+1D. The SMILES string of the molecule is [2H][2H].[2H][2H].[2H][2H].c1ccc2c(c1)[nH]c1cc3sc4ccccc4c3cc12. The molecule has 0 saturated carbocycles. The molecule has 5 rings (SSSR count). The van der Waals surface area contributed by atoms with E-state index in [1.165, 1.54) is 42.0 Å². The Balaban J connectivity index is 0.000000371. The average Bonchev–Trinajstić information content (AvgIpc) is 3.28. The molecular weight excluding hydrogens is 262 g/mol. The van der Waals surface area contributed by atoms with Crippen molar-refractivity contribution in [3.05, 3.63) is 60.7 Å². The minimum absolute atomic E-state index is 1.21. The van der Waals surface area contributed by atoms with Gasteiger partial charge >= 0.3 is 0 Å². The first-order valence-electron chi connectivity index (χ1n) is 9.72. The molecule has 2 aromatic heterocycles. The third-order valence-corrected chi connectivity index (χ3v) is 5.14. The molecule has 1 N–H and O–H groups in total. The molecule has 0 saturated heterocycles. The number of nitrogens with one attached hydrogen (secondary N) is 1. The fourth-order valence-electron chi connectivity index (χ4n) is 3.07. The fraction of sp³-hybridized carbons (Fsp3) is 0. The highest BCUT2D eigenvalue weighted by molar-refractivity contribution is 7.25. The van der Waals surface area contributed by atoms with Crippen LogP contribution in [0.4, 0.5) is 0 Å². The predicted molar refractivity (Wildman–Crippen MR) is 95.0 cm³/mol. The van der Waals surface area contributed by atoms with E-state index >= 15 is 0 Å². The summed E-state index contributed by atoms with van der Waals surface area (Å²) in [5, 5.41) is 5.35. The molecule has 2 heteroatoms. The number of hydrogen-bond donors (Lipinski definition) is 1. The monoisotopic (exact) mass is 285 g/mol. The average molecular weight is 285 g/mol. The van der Waals surface area contributed by atoms with Gasteiger partial charge in [-0.2, -0.15) is 0 Å². The molecular formula is C18H17NS. The maximum atomic E-state index is 5.00. The van der Waals surface area contributed by atoms with Crippen molar-refractivity contribution in [1.29, 1.82) is 0 Å². The molecule has 0 atom stereocenters. The number of rotatable bonds is 0.